The SMILES string of the molecule is Cc1ccc(NC(=O)N2CCN(CC3CCCO3)CC2)cc1. The quantitative estimate of drug-likeness (QED) is 0.932. The molecule has 0 bridgehead atoms. The van der Waals surface area contributed by atoms with Crippen LogP contribution in [-0.2, 0) is 4.74 Å². The Bertz CT molecular complexity index is 489. The second kappa shape index (κ2) is 7.11. The molecule has 3 rings (SSSR count). The third kappa shape index (κ3) is 3.99. The van der Waals surface area contributed by atoms with Crippen LogP contribution in [0.5, 0.6) is 0 Å². The van der Waals surface area contributed by atoms with Crippen molar-refractivity contribution in [3.63, 3.8) is 0 Å². The van der Waals surface area contributed by atoms with E-state index in [0.29, 0.717) is 6.10 Å². The maximum atomic E-state index is 12.3. The van der Waals surface area contributed by atoms with Gasteiger partial charge in [0, 0.05) is 45.0 Å². The van der Waals surface area contributed by atoms with E-state index in [2.05, 4.69) is 10.2 Å². The van der Waals surface area contributed by atoms with Crippen molar-refractivity contribution in [1.82, 2.24) is 9.80 Å². The largest absolute Gasteiger partial charge is 0.377 e. The summed E-state index contributed by atoms with van der Waals surface area (Å²) in [5, 5.41) is 2.97. The fourth-order valence-corrected chi connectivity index (χ4v) is 3.05. The summed E-state index contributed by atoms with van der Waals surface area (Å²) in [7, 11) is 0. The molecule has 0 aromatic heterocycles. The molecule has 0 aliphatic carbocycles. The van der Waals surface area contributed by atoms with Gasteiger partial charge in [-0.2, -0.15) is 0 Å². The summed E-state index contributed by atoms with van der Waals surface area (Å²) in [6.45, 7) is 7.38. The lowest BCUT2D eigenvalue weighted by Crippen LogP contribution is -2.51. The van der Waals surface area contributed by atoms with Crippen LogP contribution in [-0.4, -0.2) is 61.3 Å². The normalized spacial score (nSPS) is 22.8. The van der Waals surface area contributed by atoms with Crippen molar-refractivity contribution in [1.29, 1.82) is 0 Å². The minimum absolute atomic E-state index is 0.000574. The van der Waals surface area contributed by atoms with Gasteiger partial charge in [0.1, 0.15) is 0 Å². The number of nitrogens with one attached hydrogen (secondary N) is 1. The fourth-order valence-electron chi connectivity index (χ4n) is 3.05. The highest BCUT2D eigenvalue weighted by molar-refractivity contribution is 5.89. The Morgan fingerprint density at radius 1 is 1.23 bits per heavy atom. The zero-order chi connectivity index (χ0) is 15.4. The highest BCUT2D eigenvalue weighted by atomic mass is 16.5. The Hall–Kier alpha value is -1.59. The van der Waals surface area contributed by atoms with Crippen LogP contribution in [0.1, 0.15) is 18.4 Å². The number of carbonyl (C=O) groups excluding carboxylic acids is 1. The van der Waals surface area contributed by atoms with Gasteiger partial charge >= 0.3 is 6.03 Å². The van der Waals surface area contributed by atoms with E-state index in [0.717, 1.165) is 45.0 Å². The summed E-state index contributed by atoms with van der Waals surface area (Å²) in [6.07, 6.45) is 2.76. The van der Waals surface area contributed by atoms with Gasteiger partial charge in [-0.05, 0) is 31.9 Å². The third-order valence-electron chi connectivity index (χ3n) is 4.45. The molecule has 1 atom stereocenters. The maximum Gasteiger partial charge on any atom is 0.321 e. The van der Waals surface area contributed by atoms with E-state index in [1.165, 1.54) is 18.4 Å². The van der Waals surface area contributed by atoms with Crippen molar-refractivity contribution in [2.75, 3.05) is 44.6 Å². The highest BCUT2D eigenvalue weighted by Gasteiger charge is 2.24. The number of hydrogen-bond donors (Lipinski definition) is 1. The molecule has 1 aromatic carbocycles. The summed E-state index contributed by atoms with van der Waals surface area (Å²) in [4.78, 5) is 16.6. The Kier molecular flexibility index (Phi) is 4.95. The molecule has 1 N–H and O–H groups in total. The van der Waals surface area contributed by atoms with E-state index >= 15 is 0 Å². The van der Waals surface area contributed by atoms with Crippen LogP contribution in [0.15, 0.2) is 24.3 Å². The monoisotopic (exact) mass is 303 g/mol. The van der Waals surface area contributed by atoms with Gasteiger partial charge in [-0.3, -0.25) is 4.90 Å². The van der Waals surface area contributed by atoms with Crippen LogP contribution in [0.2, 0.25) is 0 Å². The van der Waals surface area contributed by atoms with Gasteiger partial charge in [0.05, 0.1) is 6.10 Å². The van der Waals surface area contributed by atoms with E-state index < -0.39 is 0 Å². The summed E-state index contributed by atoms with van der Waals surface area (Å²) < 4.78 is 5.68. The minimum atomic E-state index is 0.000574. The molecule has 0 saturated carbocycles. The van der Waals surface area contributed by atoms with Gasteiger partial charge in [0.15, 0.2) is 0 Å². The van der Waals surface area contributed by atoms with Crippen LogP contribution < -0.4 is 5.32 Å². The molecule has 0 spiro atoms. The van der Waals surface area contributed by atoms with Crippen LogP contribution in [0, 0.1) is 6.92 Å². The van der Waals surface area contributed by atoms with Gasteiger partial charge < -0.3 is 15.0 Å². The molecular formula is C17H25N3O2. The lowest BCUT2D eigenvalue weighted by molar-refractivity contribution is 0.0572. The van der Waals surface area contributed by atoms with Crippen molar-refractivity contribution in [2.24, 2.45) is 0 Å². The molecule has 2 heterocycles. The molecule has 2 fully saturated rings. The Morgan fingerprint density at radius 3 is 2.59 bits per heavy atom. The third-order valence-corrected chi connectivity index (χ3v) is 4.45. The number of rotatable bonds is 3. The number of nitrogens with zero attached hydrogens (tertiary/aromatic N) is 2. The first kappa shape index (κ1) is 15.3. The fraction of sp³-hybridized carbons (Fsp3) is 0.588. The van der Waals surface area contributed by atoms with Crippen LogP contribution in [0.4, 0.5) is 10.5 Å². The number of amides is 2. The number of ether oxygens (including phenoxy) is 1. The second-order valence-corrected chi connectivity index (χ2v) is 6.22. The summed E-state index contributed by atoms with van der Waals surface area (Å²) in [5.74, 6) is 0. The van der Waals surface area contributed by atoms with E-state index in [9.17, 15) is 4.79 Å². The Labute approximate surface area is 132 Å². The van der Waals surface area contributed by atoms with Gasteiger partial charge in [-0.15, -0.1) is 0 Å². The zero-order valence-corrected chi connectivity index (χ0v) is 13.3. The topological polar surface area (TPSA) is 44.8 Å². The molecule has 120 valence electrons. The second-order valence-electron chi connectivity index (χ2n) is 6.22. The highest BCUT2D eigenvalue weighted by Crippen LogP contribution is 2.15. The van der Waals surface area contributed by atoms with Crippen molar-refractivity contribution in [3.8, 4) is 0 Å². The van der Waals surface area contributed by atoms with Crippen LogP contribution in [0.3, 0.4) is 0 Å². The first-order valence-corrected chi connectivity index (χ1v) is 8.17. The van der Waals surface area contributed by atoms with Crippen LogP contribution in [0.25, 0.3) is 0 Å². The van der Waals surface area contributed by atoms with E-state index in [1.807, 2.05) is 36.1 Å². The van der Waals surface area contributed by atoms with E-state index in [1.54, 1.807) is 0 Å². The number of benzene rings is 1. The standard InChI is InChI=1S/C17H25N3O2/c1-14-4-6-15(7-5-14)18-17(21)20-10-8-19(9-11-20)13-16-3-2-12-22-16/h4-7,16H,2-3,8-13H2,1H3,(H,18,21). The summed E-state index contributed by atoms with van der Waals surface area (Å²) in [5.41, 5.74) is 2.05. The van der Waals surface area contributed by atoms with Gasteiger partial charge in [0.25, 0.3) is 0 Å². The lowest BCUT2D eigenvalue weighted by Gasteiger charge is -2.35. The van der Waals surface area contributed by atoms with Crippen molar-refractivity contribution < 1.29 is 9.53 Å². The molecular weight excluding hydrogens is 278 g/mol. The molecule has 5 heteroatoms. The molecule has 5 nitrogen and oxygen atoms in total. The number of urea groups is 1. The zero-order valence-electron chi connectivity index (χ0n) is 13.3. The van der Waals surface area contributed by atoms with Gasteiger partial charge in [0.2, 0.25) is 0 Å². The number of piperazine rings is 1. The van der Waals surface area contributed by atoms with E-state index in [4.69, 9.17) is 4.74 Å². The molecule has 0 radical (unpaired) electrons. The smallest absolute Gasteiger partial charge is 0.321 e. The minimum Gasteiger partial charge on any atom is -0.377 e. The maximum absolute atomic E-state index is 12.3. The van der Waals surface area contributed by atoms with Crippen molar-refractivity contribution in [3.05, 3.63) is 29.8 Å². The molecule has 2 amide bonds. The number of hydrogen-bond acceptors (Lipinski definition) is 3. The van der Waals surface area contributed by atoms with Gasteiger partial charge in [-0.1, -0.05) is 17.7 Å². The average Bonchev–Trinajstić information content (AvgIpc) is 3.03. The molecule has 2 saturated heterocycles. The summed E-state index contributed by atoms with van der Waals surface area (Å²) in [6, 6.07) is 7.91. The predicted octanol–water partition coefficient (Wildman–Crippen LogP) is 2.32. The van der Waals surface area contributed by atoms with Gasteiger partial charge in [-0.25, -0.2) is 4.79 Å². The Morgan fingerprint density at radius 2 is 1.95 bits per heavy atom. The first-order chi connectivity index (χ1) is 10.7. The molecule has 22 heavy (non-hydrogen) atoms. The number of carbonyl (C=O) groups is 1. The van der Waals surface area contributed by atoms with E-state index in [-0.39, 0.29) is 6.03 Å². The summed E-state index contributed by atoms with van der Waals surface area (Å²) >= 11 is 0. The molecule has 2 aliphatic rings. The lowest BCUT2D eigenvalue weighted by atomic mass is 10.2. The molecule has 1 aromatic rings. The number of anilines is 1. The Balaban J connectivity index is 1.44. The number of aryl methyl sites for hydroxylation is 1. The molecule has 1 unspecified atom stereocenters. The average molecular weight is 303 g/mol. The van der Waals surface area contributed by atoms with Crippen molar-refractivity contribution in [2.45, 2.75) is 25.9 Å². The predicted molar refractivity (Wildman–Crippen MR) is 87.2 cm³/mol. The van der Waals surface area contributed by atoms with Crippen molar-refractivity contribution >= 4 is 11.7 Å². The first-order valence-electron chi connectivity index (χ1n) is 8.17. The molecule has 2 aliphatic heterocycles. The van der Waals surface area contributed by atoms with Crippen LogP contribution >= 0.6 is 0 Å².